The smallest absolute Gasteiger partial charge is 0.258 e. The van der Waals surface area contributed by atoms with Crippen LogP contribution in [0.1, 0.15) is 0 Å². The lowest BCUT2D eigenvalue weighted by Crippen LogP contribution is -2.11. The third-order valence-electron chi connectivity index (χ3n) is 2.97. The summed E-state index contributed by atoms with van der Waals surface area (Å²) in [5, 5.41) is 4.06. The van der Waals surface area contributed by atoms with Gasteiger partial charge in [0.15, 0.2) is 5.82 Å². The van der Waals surface area contributed by atoms with Gasteiger partial charge in [-0.25, -0.2) is 8.42 Å². The van der Waals surface area contributed by atoms with E-state index in [9.17, 15) is 8.42 Å². The summed E-state index contributed by atoms with van der Waals surface area (Å²) in [6, 6.07) is 5.11. The van der Waals surface area contributed by atoms with Gasteiger partial charge in [-0.3, -0.25) is 0 Å². The number of aromatic nitrogens is 5. The van der Waals surface area contributed by atoms with Gasteiger partial charge < -0.3 is 10.5 Å². The minimum Gasteiger partial charge on any atom is -0.495 e. The minimum atomic E-state index is -3.62. The molecule has 0 bridgehead atoms. The average Bonchev–Trinajstić information content (AvgIpc) is 2.91. The SMILES string of the molecule is COc1cccc(-c2nc3nc(S(C)(=O)=O)nc(N)n3n2)c1Cl. The van der Waals surface area contributed by atoms with Crippen LogP contribution in [0.2, 0.25) is 5.02 Å². The number of benzene rings is 1. The van der Waals surface area contributed by atoms with E-state index in [4.69, 9.17) is 22.1 Å². The number of hydrogen-bond acceptors (Lipinski definition) is 8. The van der Waals surface area contributed by atoms with E-state index in [1.165, 1.54) is 7.11 Å². The van der Waals surface area contributed by atoms with E-state index in [0.717, 1.165) is 10.8 Å². The lowest BCUT2D eigenvalue weighted by molar-refractivity contribution is 0.415. The second kappa shape index (κ2) is 5.32. The number of nitrogens with two attached hydrogens (primary N) is 1. The van der Waals surface area contributed by atoms with Crippen LogP contribution >= 0.6 is 11.6 Å². The molecule has 2 aromatic heterocycles. The van der Waals surface area contributed by atoms with Crippen molar-refractivity contribution < 1.29 is 13.2 Å². The molecule has 0 aliphatic carbocycles. The Bertz CT molecular complexity index is 1020. The first-order valence-corrected chi connectivity index (χ1v) is 8.51. The number of anilines is 1. The highest BCUT2D eigenvalue weighted by molar-refractivity contribution is 7.90. The quantitative estimate of drug-likeness (QED) is 0.733. The topological polar surface area (TPSA) is 125 Å². The highest BCUT2D eigenvalue weighted by Crippen LogP contribution is 2.33. The molecule has 0 fully saturated rings. The minimum absolute atomic E-state index is 0.00631. The maximum atomic E-state index is 11.6. The van der Waals surface area contributed by atoms with Gasteiger partial charge in [0.1, 0.15) is 5.75 Å². The zero-order valence-electron chi connectivity index (χ0n) is 12.1. The van der Waals surface area contributed by atoms with Crippen molar-refractivity contribution in [3.05, 3.63) is 23.2 Å². The Morgan fingerprint density at radius 3 is 2.65 bits per heavy atom. The molecule has 0 aliphatic rings. The van der Waals surface area contributed by atoms with Gasteiger partial charge in [0.25, 0.3) is 10.9 Å². The van der Waals surface area contributed by atoms with Crippen molar-refractivity contribution in [2.75, 3.05) is 19.1 Å². The molecule has 0 aliphatic heterocycles. The highest BCUT2D eigenvalue weighted by atomic mass is 35.5. The zero-order valence-corrected chi connectivity index (χ0v) is 13.6. The summed E-state index contributed by atoms with van der Waals surface area (Å²) in [7, 11) is -2.13. The van der Waals surface area contributed by atoms with Gasteiger partial charge in [0.2, 0.25) is 15.8 Å². The molecule has 11 heteroatoms. The zero-order chi connectivity index (χ0) is 16.8. The van der Waals surface area contributed by atoms with E-state index >= 15 is 0 Å². The lowest BCUT2D eigenvalue weighted by Gasteiger charge is -2.05. The third kappa shape index (κ3) is 2.66. The van der Waals surface area contributed by atoms with Crippen molar-refractivity contribution in [1.29, 1.82) is 0 Å². The summed E-state index contributed by atoms with van der Waals surface area (Å²) in [6.45, 7) is 0. The van der Waals surface area contributed by atoms with Crippen LogP contribution in [0.5, 0.6) is 5.75 Å². The fraction of sp³-hybridized carbons (Fsp3) is 0.167. The van der Waals surface area contributed by atoms with Crippen LogP contribution in [0.25, 0.3) is 17.2 Å². The molecule has 0 spiro atoms. The molecule has 0 saturated carbocycles. The maximum Gasteiger partial charge on any atom is 0.258 e. The number of nitrogens with zero attached hydrogens (tertiary/aromatic N) is 5. The van der Waals surface area contributed by atoms with Gasteiger partial charge in [-0.05, 0) is 12.1 Å². The van der Waals surface area contributed by atoms with E-state index in [-0.39, 0.29) is 17.6 Å². The Hall–Kier alpha value is -2.46. The number of hydrogen-bond donors (Lipinski definition) is 1. The van der Waals surface area contributed by atoms with E-state index in [1.54, 1.807) is 18.2 Å². The van der Waals surface area contributed by atoms with Crippen LogP contribution in [0.3, 0.4) is 0 Å². The molecule has 1 aromatic carbocycles. The summed E-state index contributed by atoms with van der Waals surface area (Å²) in [5.41, 5.74) is 6.22. The van der Waals surface area contributed by atoms with Crippen molar-refractivity contribution in [1.82, 2.24) is 24.6 Å². The number of sulfone groups is 1. The Labute approximate surface area is 136 Å². The van der Waals surface area contributed by atoms with Gasteiger partial charge in [0.05, 0.1) is 12.1 Å². The molecular formula is C12H11ClN6O3S. The maximum absolute atomic E-state index is 11.6. The van der Waals surface area contributed by atoms with Crippen LogP contribution < -0.4 is 10.5 Å². The van der Waals surface area contributed by atoms with Gasteiger partial charge in [-0.15, -0.1) is 5.10 Å². The highest BCUT2D eigenvalue weighted by Gasteiger charge is 2.19. The van der Waals surface area contributed by atoms with E-state index in [1.807, 2.05) is 0 Å². The molecule has 2 heterocycles. The second-order valence-corrected chi connectivity index (χ2v) is 6.89. The van der Waals surface area contributed by atoms with Crippen LogP contribution in [0.4, 0.5) is 5.95 Å². The first kappa shape index (κ1) is 15.4. The van der Waals surface area contributed by atoms with Crippen molar-refractivity contribution >= 4 is 33.2 Å². The monoisotopic (exact) mass is 354 g/mol. The normalized spacial score (nSPS) is 11.8. The predicted octanol–water partition coefficient (Wildman–Crippen LogP) is 0.834. The van der Waals surface area contributed by atoms with Crippen molar-refractivity contribution in [3.8, 4) is 17.1 Å². The van der Waals surface area contributed by atoms with Crippen LogP contribution in [0, 0.1) is 0 Å². The predicted molar refractivity (Wildman–Crippen MR) is 83.1 cm³/mol. The number of nitrogen functional groups attached to an aromatic ring is 1. The molecule has 0 unspecified atom stereocenters. The number of methoxy groups -OCH3 is 1. The van der Waals surface area contributed by atoms with Gasteiger partial charge in [-0.1, -0.05) is 17.7 Å². The summed E-state index contributed by atoms with van der Waals surface area (Å²) in [6.07, 6.45) is 0.981. The van der Waals surface area contributed by atoms with Crippen LogP contribution in [-0.4, -0.2) is 46.3 Å². The van der Waals surface area contributed by atoms with Crippen molar-refractivity contribution in [2.24, 2.45) is 0 Å². The fourth-order valence-corrected chi connectivity index (χ4v) is 2.70. The number of rotatable bonds is 3. The number of fused-ring (bicyclic) bond motifs is 1. The van der Waals surface area contributed by atoms with Crippen molar-refractivity contribution in [3.63, 3.8) is 0 Å². The van der Waals surface area contributed by atoms with E-state index in [0.29, 0.717) is 16.3 Å². The molecule has 3 aromatic rings. The molecule has 23 heavy (non-hydrogen) atoms. The standard InChI is InChI=1S/C12H11ClN6O3S/c1-22-7-5-3-4-6(8(7)13)9-15-11-17-12(23(2,20)21)16-10(14)19(11)18-9/h3-5H,1-2H3,(H2,14,15,16,17,18). The molecule has 0 radical (unpaired) electrons. The van der Waals surface area contributed by atoms with Gasteiger partial charge >= 0.3 is 0 Å². The Morgan fingerprint density at radius 1 is 1.26 bits per heavy atom. The molecule has 0 atom stereocenters. The van der Waals surface area contributed by atoms with Crippen molar-refractivity contribution in [2.45, 2.75) is 5.16 Å². The number of halogens is 1. The third-order valence-corrected chi connectivity index (χ3v) is 4.20. The fourth-order valence-electron chi connectivity index (χ4n) is 1.91. The van der Waals surface area contributed by atoms with Crippen LogP contribution in [-0.2, 0) is 9.84 Å². The molecular weight excluding hydrogens is 344 g/mol. The van der Waals surface area contributed by atoms with E-state index < -0.39 is 15.0 Å². The first-order valence-electron chi connectivity index (χ1n) is 6.24. The average molecular weight is 355 g/mol. The molecule has 3 rings (SSSR count). The summed E-state index contributed by atoms with van der Waals surface area (Å²) in [4.78, 5) is 11.7. The van der Waals surface area contributed by atoms with Gasteiger partial charge in [-0.2, -0.15) is 19.5 Å². The molecule has 0 amide bonds. The molecule has 2 N–H and O–H groups in total. The second-order valence-electron chi connectivity index (χ2n) is 4.61. The summed E-state index contributed by atoms with van der Waals surface area (Å²) >= 11 is 6.24. The number of ether oxygens (including phenoxy) is 1. The van der Waals surface area contributed by atoms with Gasteiger partial charge in [0, 0.05) is 11.8 Å². The molecule has 120 valence electrons. The molecule has 9 nitrogen and oxygen atoms in total. The first-order chi connectivity index (χ1) is 10.8. The summed E-state index contributed by atoms with van der Waals surface area (Å²) in [5.74, 6) is 0.541. The summed E-state index contributed by atoms with van der Waals surface area (Å²) < 4.78 is 29.4. The Morgan fingerprint density at radius 2 is 2.00 bits per heavy atom. The van der Waals surface area contributed by atoms with E-state index in [2.05, 4.69) is 20.1 Å². The Balaban J connectivity index is 2.24. The largest absolute Gasteiger partial charge is 0.495 e. The van der Waals surface area contributed by atoms with Crippen LogP contribution in [0.15, 0.2) is 23.4 Å². The Kier molecular flexibility index (Phi) is 3.57. The lowest BCUT2D eigenvalue weighted by atomic mass is 10.2. The molecule has 0 saturated heterocycles.